The third-order valence-corrected chi connectivity index (χ3v) is 3.86. The second kappa shape index (κ2) is 6.78. The molecule has 0 saturated carbocycles. The van der Waals surface area contributed by atoms with Crippen molar-refractivity contribution in [3.8, 4) is 0 Å². The standard InChI is InChI=1S/C14H21F3N4O/c1-10-8-12(22)19-13(18-10)11(2)21-5-3-4-20(6-7-21)9-14(15,16)17/h8,11H,3-7,9H2,1-2H3,(H,18,19,22). The van der Waals surface area contributed by atoms with Crippen LogP contribution in [0.1, 0.15) is 30.9 Å². The van der Waals surface area contributed by atoms with Crippen LogP contribution in [-0.4, -0.2) is 58.7 Å². The number of aryl methyl sites for hydroxylation is 1. The Kier molecular flexibility index (Phi) is 5.23. The number of rotatable bonds is 3. The molecule has 22 heavy (non-hydrogen) atoms. The van der Waals surface area contributed by atoms with E-state index in [0.717, 1.165) is 0 Å². The van der Waals surface area contributed by atoms with Crippen LogP contribution >= 0.6 is 0 Å². The molecule has 1 unspecified atom stereocenters. The number of hydrogen-bond donors (Lipinski definition) is 1. The average molecular weight is 318 g/mol. The molecule has 8 heteroatoms. The Labute approximate surface area is 127 Å². The molecule has 2 heterocycles. The van der Waals surface area contributed by atoms with Crippen molar-refractivity contribution in [3.63, 3.8) is 0 Å². The molecule has 0 radical (unpaired) electrons. The van der Waals surface area contributed by atoms with Crippen LogP contribution in [0.5, 0.6) is 0 Å². The minimum absolute atomic E-state index is 0.126. The fraction of sp³-hybridized carbons (Fsp3) is 0.714. The van der Waals surface area contributed by atoms with Gasteiger partial charge in [0, 0.05) is 31.4 Å². The molecule has 5 nitrogen and oxygen atoms in total. The van der Waals surface area contributed by atoms with Gasteiger partial charge in [0.15, 0.2) is 0 Å². The van der Waals surface area contributed by atoms with Crippen LogP contribution in [-0.2, 0) is 0 Å². The fourth-order valence-electron chi connectivity index (χ4n) is 2.76. The number of H-pyrrole nitrogens is 1. The average Bonchev–Trinajstić information content (AvgIpc) is 2.60. The van der Waals surface area contributed by atoms with E-state index < -0.39 is 12.7 Å². The summed E-state index contributed by atoms with van der Waals surface area (Å²) in [7, 11) is 0. The lowest BCUT2D eigenvalue weighted by Gasteiger charge is -2.27. The molecule has 124 valence electrons. The number of aromatic amines is 1. The van der Waals surface area contributed by atoms with Gasteiger partial charge >= 0.3 is 6.18 Å². The van der Waals surface area contributed by atoms with Crippen molar-refractivity contribution in [2.24, 2.45) is 0 Å². The van der Waals surface area contributed by atoms with Crippen LogP contribution < -0.4 is 5.56 Å². The molecule has 0 bridgehead atoms. The second-order valence-corrected chi connectivity index (χ2v) is 5.73. The summed E-state index contributed by atoms with van der Waals surface area (Å²) < 4.78 is 37.4. The van der Waals surface area contributed by atoms with E-state index in [1.54, 1.807) is 6.92 Å². The van der Waals surface area contributed by atoms with Crippen molar-refractivity contribution in [2.45, 2.75) is 32.5 Å². The van der Waals surface area contributed by atoms with E-state index in [9.17, 15) is 18.0 Å². The van der Waals surface area contributed by atoms with Gasteiger partial charge in [0.25, 0.3) is 5.56 Å². The predicted molar refractivity (Wildman–Crippen MR) is 76.7 cm³/mol. The van der Waals surface area contributed by atoms with Crippen LogP contribution in [0.25, 0.3) is 0 Å². The zero-order chi connectivity index (χ0) is 16.3. The van der Waals surface area contributed by atoms with Crippen LogP contribution in [0.15, 0.2) is 10.9 Å². The third kappa shape index (κ3) is 4.81. The van der Waals surface area contributed by atoms with Gasteiger partial charge < -0.3 is 4.98 Å². The number of alkyl halides is 3. The van der Waals surface area contributed by atoms with Gasteiger partial charge in [-0.3, -0.25) is 14.6 Å². The first kappa shape index (κ1) is 17.0. The summed E-state index contributed by atoms with van der Waals surface area (Å²) in [5, 5.41) is 0. The number of hydrogen-bond acceptors (Lipinski definition) is 4. The largest absolute Gasteiger partial charge is 0.401 e. The molecule has 1 aromatic heterocycles. The van der Waals surface area contributed by atoms with E-state index >= 15 is 0 Å². The molecule has 0 aromatic carbocycles. The van der Waals surface area contributed by atoms with Gasteiger partial charge in [-0.1, -0.05) is 0 Å². The lowest BCUT2D eigenvalue weighted by molar-refractivity contribution is -0.145. The first-order chi connectivity index (χ1) is 10.2. The van der Waals surface area contributed by atoms with Crippen molar-refractivity contribution in [1.29, 1.82) is 0 Å². The smallest absolute Gasteiger partial charge is 0.309 e. The minimum Gasteiger partial charge on any atom is -0.309 e. The van der Waals surface area contributed by atoms with Gasteiger partial charge in [-0.2, -0.15) is 13.2 Å². The molecule has 0 aliphatic carbocycles. The van der Waals surface area contributed by atoms with Gasteiger partial charge in [-0.05, 0) is 26.8 Å². The van der Waals surface area contributed by atoms with Crippen LogP contribution in [0.3, 0.4) is 0 Å². The molecular formula is C14H21F3N4O. The molecule has 0 spiro atoms. The van der Waals surface area contributed by atoms with Crippen molar-refractivity contribution < 1.29 is 13.2 Å². The molecule has 1 aliphatic heterocycles. The van der Waals surface area contributed by atoms with Crippen molar-refractivity contribution >= 4 is 0 Å². The van der Waals surface area contributed by atoms with Gasteiger partial charge in [-0.15, -0.1) is 0 Å². The first-order valence-electron chi connectivity index (χ1n) is 7.35. The summed E-state index contributed by atoms with van der Waals surface area (Å²) >= 11 is 0. The summed E-state index contributed by atoms with van der Waals surface area (Å²) in [6, 6.07) is 1.29. The maximum atomic E-state index is 12.5. The van der Waals surface area contributed by atoms with Crippen LogP contribution in [0, 0.1) is 6.92 Å². The second-order valence-electron chi connectivity index (χ2n) is 5.73. The molecule has 1 saturated heterocycles. The SMILES string of the molecule is Cc1cc(=O)[nH]c(C(C)N2CCCN(CC(F)(F)F)CC2)n1. The van der Waals surface area contributed by atoms with Crippen molar-refractivity contribution in [3.05, 3.63) is 27.9 Å². The number of nitrogens with one attached hydrogen (secondary N) is 1. The van der Waals surface area contributed by atoms with Crippen LogP contribution in [0.2, 0.25) is 0 Å². The topological polar surface area (TPSA) is 52.2 Å². The van der Waals surface area contributed by atoms with E-state index in [4.69, 9.17) is 0 Å². The van der Waals surface area contributed by atoms with E-state index in [-0.39, 0.29) is 11.6 Å². The number of aromatic nitrogens is 2. The minimum atomic E-state index is -4.16. The summed E-state index contributed by atoms with van der Waals surface area (Å²) in [5.41, 5.74) is 0.432. The Balaban J connectivity index is 2.02. The highest BCUT2D eigenvalue weighted by Gasteiger charge is 2.32. The highest BCUT2D eigenvalue weighted by molar-refractivity contribution is 5.03. The lowest BCUT2D eigenvalue weighted by atomic mass is 10.2. The highest BCUT2D eigenvalue weighted by atomic mass is 19.4. The van der Waals surface area contributed by atoms with E-state index in [0.29, 0.717) is 44.1 Å². The normalized spacial score (nSPS) is 19.9. The zero-order valence-corrected chi connectivity index (χ0v) is 12.8. The van der Waals surface area contributed by atoms with Gasteiger partial charge in [0.1, 0.15) is 5.82 Å². The van der Waals surface area contributed by atoms with Crippen molar-refractivity contribution in [2.75, 3.05) is 32.7 Å². The molecule has 1 N–H and O–H groups in total. The predicted octanol–water partition coefficient (Wildman–Crippen LogP) is 1.71. The molecule has 2 rings (SSSR count). The van der Waals surface area contributed by atoms with E-state index in [1.807, 2.05) is 6.92 Å². The number of halogens is 3. The Morgan fingerprint density at radius 2 is 2.05 bits per heavy atom. The molecule has 1 atom stereocenters. The Hall–Kier alpha value is -1.41. The third-order valence-electron chi connectivity index (χ3n) is 3.86. The maximum absolute atomic E-state index is 12.5. The Bertz CT molecular complexity index is 558. The fourth-order valence-corrected chi connectivity index (χ4v) is 2.76. The zero-order valence-electron chi connectivity index (χ0n) is 12.8. The molecule has 1 fully saturated rings. The summed E-state index contributed by atoms with van der Waals surface area (Å²) in [6.45, 7) is 4.80. The van der Waals surface area contributed by atoms with E-state index in [2.05, 4.69) is 14.9 Å². The van der Waals surface area contributed by atoms with Gasteiger partial charge in [0.05, 0.1) is 12.6 Å². The quantitative estimate of drug-likeness (QED) is 0.922. The Morgan fingerprint density at radius 3 is 2.68 bits per heavy atom. The monoisotopic (exact) mass is 318 g/mol. The summed E-state index contributed by atoms with van der Waals surface area (Å²) in [5.74, 6) is 0.564. The van der Waals surface area contributed by atoms with Gasteiger partial charge in [-0.25, -0.2) is 4.98 Å². The van der Waals surface area contributed by atoms with Gasteiger partial charge in [0.2, 0.25) is 0 Å². The Morgan fingerprint density at radius 1 is 1.32 bits per heavy atom. The molecule has 1 aromatic rings. The van der Waals surface area contributed by atoms with Crippen molar-refractivity contribution in [1.82, 2.24) is 19.8 Å². The lowest BCUT2D eigenvalue weighted by Crippen LogP contribution is -2.38. The van der Waals surface area contributed by atoms with E-state index in [1.165, 1.54) is 11.0 Å². The molecular weight excluding hydrogens is 297 g/mol. The first-order valence-corrected chi connectivity index (χ1v) is 7.35. The van der Waals surface area contributed by atoms with Crippen LogP contribution in [0.4, 0.5) is 13.2 Å². The molecule has 0 amide bonds. The molecule has 1 aliphatic rings. The number of nitrogens with zero attached hydrogens (tertiary/aromatic N) is 3. The summed E-state index contributed by atoms with van der Waals surface area (Å²) in [6.07, 6.45) is -3.50. The highest BCUT2D eigenvalue weighted by Crippen LogP contribution is 2.21. The summed E-state index contributed by atoms with van der Waals surface area (Å²) in [4.78, 5) is 22.1. The maximum Gasteiger partial charge on any atom is 0.401 e.